The van der Waals surface area contributed by atoms with E-state index in [1.165, 1.54) is 54.5 Å². The highest BCUT2D eigenvalue weighted by atomic mass is 15.1. The molecule has 0 spiro atoms. The van der Waals surface area contributed by atoms with Gasteiger partial charge in [0.05, 0.1) is 22.4 Å². The van der Waals surface area contributed by atoms with Gasteiger partial charge >= 0.3 is 0 Å². The van der Waals surface area contributed by atoms with E-state index in [0.717, 1.165) is 39.8 Å². The van der Waals surface area contributed by atoms with Crippen molar-refractivity contribution < 1.29 is 0 Å². The molecule has 3 nitrogen and oxygen atoms in total. The van der Waals surface area contributed by atoms with Crippen molar-refractivity contribution in [1.29, 1.82) is 0 Å². The molecule has 1 heterocycles. The van der Waals surface area contributed by atoms with E-state index in [4.69, 9.17) is 0 Å². The largest absolute Gasteiger partial charge is 0.310 e. The smallest absolute Gasteiger partial charge is 0.0542 e. The molecule has 0 fully saturated rings. The summed E-state index contributed by atoms with van der Waals surface area (Å²) in [7, 11) is 0. The van der Waals surface area contributed by atoms with Crippen molar-refractivity contribution in [1.82, 2.24) is 4.57 Å². The first-order valence-electron chi connectivity index (χ1n) is 20.2. The second kappa shape index (κ2) is 14.6. The standard InChI is InChI=1S/C56H39N3/c1-4-19-42(20-5-1)57(46-35-37-56-52(39-46)51-28-14-15-29-54(51)59(56)44-23-8-3-9-24-44)45-33-31-41(32-34-45)47-36-38-55(50-27-13-12-26-49(47)50)58(43-21-6-2-7-22-43)53-30-16-18-40-17-10-11-25-48(40)53/h1-39H. The molecule has 0 N–H and O–H groups in total. The molecule has 0 unspecified atom stereocenters. The predicted octanol–water partition coefficient (Wildman–Crippen LogP) is 15.7. The van der Waals surface area contributed by atoms with Crippen LogP contribution in [-0.4, -0.2) is 4.57 Å². The van der Waals surface area contributed by atoms with E-state index in [9.17, 15) is 0 Å². The fraction of sp³-hybridized carbons (Fsp3) is 0. The molecule has 1 aromatic heterocycles. The van der Waals surface area contributed by atoms with Gasteiger partial charge in [0.2, 0.25) is 0 Å². The first-order valence-corrected chi connectivity index (χ1v) is 20.2. The summed E-state index contributed by atoms with van der Waals surface area (Å²) in [5.41, 5.74) is 12.6. The summed E-state index contributed by atoms with van der Waals surface area (Å²) < 4.78 is 2.37. The van der Waals surface area contributed by atoms with Crippen LogP contribution >= 0.6 is 0 Å². The molecule has 3 heteroatoms. The van der Waals surface area contributed by atoms with Gasteiger partial charge in [-0.25, -0.2) is 0 Å². The molecule has 59 heavy (non-hydrogen) atoms. The lowest BCUT2D eigenvalue weighted by Gasteiger charge is -2.28. The molecular formula is C56H39N3. The molecule has 10 aromatic carbocycles. The van der Waals surface area contributed by atoms with Crippen LogP contribution in [0.1, 0.15) is 0 Å². The number of hydrogen-bond donors (Lipinski definition) is 0. The van der Waals surface area contributed by atoms with Crippen molar-refractivity contribution in [3.63, 3.8) is 0 Å². The zero-order valence-electron chi connectivity index (χ0n) is 32.4. The van der Waals surface area contributed by atoms with Gasteiger partial charge in [-0.15, -0.1) is 0 Å². The minimum atomic E-state index is 1.10. The van der Waals surface area contributed by atoms with Crippen LogP contribution in [0.15, 0.2) is 237 Å². The van der Waals surface area contributed by atoms with Crippen LogP contribution in [0.25, 0.3) is 60.2 Å². The average Bonchev–Trinajstić information content (AvgIpc) is 3.64. The molecule has 0 aliphatic rings. The van der Waals surface area contributed by atoms with Crippen molar-refractivity contribution in [2.24, 2.45) is 0 Å². The van der Waals surface area contributed by atoms with Crippen molar-refractivity contribution in [3.05, 3.63) is 237 Å². The monoisotopic (exact) mass is 753 g/mol. The molecule has 0 amide bonds. The molecule has 0 bridgehead atoms. The summed E-state index contributed by atoms with van der Waals surface area (Å²) in [5.74, 6) is 0. The Morgan fingerprint density at radius 1 is 0.288 bits per heavy atom. The lowest BCUT2D eigenvalue weighted by Crippen LogP contribution is -2.11. The topological polar surface area (TPSA) is 11.4 Å². The van der Waals surface area contributed by atoms with Crippen LogP contribution in [0.4, 0.5) is 34.1 Å². The maximum atomic E-state index is 2.41. The summed E-state index contributed by atoms with van der Waals surface area (Å²) in [6.07, 6.45) is 0. The van der Waals surface area contributed by atoms with E-state index in [1.54, 1.807) is 0 Å². The molecule has 11 aromatic rings. The Morgan fingerprint density at radius 2 is 0.814 bits per heavy atom. The minimum Gasteiger partial charge on any atom is -0.310 e. The maximum Gasteiger partial charge on any atom is 0.0542 e. The van der Waals surface area contributed by atoms with E-state index in [0.29, 0.717) is 0 Å². The molecule has 278 valence electrons. The second-order valence-electron chi connectivity index (χ2n) is 15.0. The Balaban J connectivity index is 1.02. The number of anilines is 6. The van der Waals surface area contributed by atoms with Crippen LogP contribution in [0.3, 0.4) is 0 Å². The summed E-state index contributed by atoms with van der Waals surface area (Å²) in [6, 6.07) is 85.3. The van der Waals surface area contributed by atoms with Crippen molar-refractivity contribution in [2.45, 2.75) is 0 Å². The van der Waals surface area contributed by atoms with Crippen LogP contribution in [-0.2, 0) is 0 Å². The lowest BCUT2D eigenvalue weighted by atomic mass is 9.95. The van der Waals surface area contributed by atoms with Crippen molar-refractivity contribution in [2.75, 3.05) is 9.80 Å². The molecule has 11 rings (SSSR count). The molecule has 0 saturated heterocycles. The second-order valence-corrected chi connectivity index (χ2v) is 15.0. The quantitative estimate of drug-likeness (QED) is 0.153. The number of fused-ring (bicyclic) bond motifs is 5. The van der Waals surface area contributed by atoms with E-state index in [2.05, 4.69) is 251 Å². The normalized spacial score (nSPS) is 11.4. The van der Waals surface area contributed by atoms with Crippen LogP contribution in [0.2, 0.25) is 0 Å². The van der Waals surface area contributed by atoms with Gasteiger partial charge in [0.15, 0.2) is 0 Å². The number of aromatic nitrogens is 1. The van der Waals surface area contributed by atoms with Crippen molar-refractivity contribution >= 4 is 77.5 Å². The van der Waals surface area contributed by atoms with E-state index >= 15 is 0 Å². The Labute approximate surface area is 343 Å². The number of nitrogens with zero attached hydrogens (tertiary/aromatic N) is 3. The third-order valence-electron chi connectivity index (χ3n) is 11.5. The van der Waals surface area contributed by atoms with Gasteiger partial charge in [0, 0.05) is 50.0 Å². The Kier molecular flexibility index (Phi) is 8.49. The predicted molar refractivity (Wildman–Crippen MR) is 251 cm³/mol. The number of hydrogen-bond acceptors (Lipinski definition) is 2. The maximum absolute atomic E-state index is 2.41. The van der Waals surface area contributed by atoms with Gasteiger partial charge < -0.3 is 14.4 Å². The zero-order valence-corrected chi connectivity index (χ0v) is 32.4. The minimum absolute atomic E-state index is 1.10. The lowest BCUT2D eigenvalue weighted by molar-refractivity contribution is 1.18. The van der Waals surface area contributed by atoms with E-state index in [-0.39, 0.29) is 0 Å². The highest BCUT2D eigenvalue weighted by molar-refractivity contribution is 6.11. The van der Waals surface area contributed by atoms with Crippen LogP contribution in [0, 0.1) is 0 Å². The zero-order chi connectivity index (χ0) is 39.1. The highest BCUT2D eigenvalue weighted by Gasteiger charge is 2.20. The van der Waals surface area contributed by atoms with E-state index < -0.39 is 0 Å². The Hall–Kier alpha value is -7.88. The summed E-state index contributed by atoms with van der Waals surface area (Å²) in [6.45, 7) is 0. The highest BCUT2D eigenvalue weighted by Crippen LogP contribution is 2.45. The van der Waals surface area contributed by atoms with E-state index in [1.807, 2.05) is 0 Å². The van der Waals surface area contributed by atoms with Crippen LogP contribution < -0.4 is 9.80 Å². The van der Waals surface area contributed by atoms with Crippen LogP contribution in [0.5, 0.6) is 0 Å². The molecule has 0 radical (unpaired) electrons. The number of benzene rings is 10. The third-order valence-corrected chi connectivity index (χ3v) is 11.5. The SMILES string of the molecule is c1ccc(N(c2ccc(-c3ccc(N(c4ccccc4)c4cccc5ccccc45)c4ccccc34)cc2)c2ccc3c(c2)c2ccccc2n3-c2ccccc2)cc1. The van der Waals surface area contributed by atoms with Gasteiger partial charge in [-0.1, -0.05) is 152 Å². The fourth-order valence-electron chi connectivity index (χ4n) is 8.89. The fourth-order valence-corrected chi connectivity index (χ4v) is 8.89. The third kappa shape index (κ3) is 6.00. The molecular weight excluding hydrogens is 715 g/mol. The molecule has 0 aliphatic heterocycles. The number of para-hydroxylation sites is 4. The van der Waals surface area contributed by atoms with Gasteiger partial charge in [-0.3, -0.25) is 0 Å². The average molecular weight is 754 g/mol. The molecule has 0 atom stereocenters. The molecule has 0 saturated carbocycles. The summed E-state index contributed by atoms with van der Waals surface area (Å²) in [5, 5.41) is 7.29. The van der Waals surface area contributed by atoms with Gasteiger partial charge in [-0.2, -0.15) is 0 Å². The Morgan fingerprint density at radius 3 is 1.56 bits per heavy atom. The first-order chi connectivity index (χ1) is 29.3. The Bertz CT molecular complexity index is 3260. The first kappa shape index (κ1) is 34.4. The summed E-state index contributed by atoms with van der Waals surface area (Å²) >= 11 is 0. The van der Waals surface area contributed by atoms with Gasteiger partial charge in [-0.05, 0) is 107 Å². The van der Waals surface area contributed by atoms with Gasteiger partial charge in [0.25, 0.3) is 0 Å². The van der Waals surface area contributed by atoms with Gasteiger partial charge in [0.1, 0.15) is 0 Å². The number of rotatable bonds is 8. The molecule has 0 aliphatic carbocycles. The summed E-state index contributed by atoms with van der Waals surface area (Å²) in [4.78, 5) is 4.77. The van der Waals surface area contributed by atoms with Crippen molar-refractivity contribution in [3.8, 4) is 16.8 Å².